The van der Waals surface area contributed by atoms with E-state index in [-0.39, 0.29) is 5.97 Å². The molecule has 0 spiro atoms. The van der Waals surface area contributed by atoms with Crippen molar-refractivity contribution in [3.63, 3.8) is 0 Å². The van der Waals surface area contributed by atoms with Gasteiger partial charge in [0.15, 0.2) is 0 Å². The van der Waals surface area contributed by atoms with Crippen molar-refractivity contribution < 1.29 is 9.53 Å². The summed E-state index contributed by atoms with van der Waals surface area (Å²) in [4.78, 5) is 10.7. The van der Waals surface area contributed by atoms with E-state index in [1.54, 1.807) is 0 Å². The van der Waals surface area contributed by atoms with Gasteiger partial charge >= 0.3 is 5.97 Å². The van der Waals surface area contributed by atoms with Gasteiger partial charge in [-0.1, -0.05) is 90.9 Å². The van der Waals surface area contributed by atoms with Crippen LogP contribution >= 0.6 is 0 Å². The highest BCUT2D eigenvalue weighted by Gasteiger charge is 2.03. The van der Waals surface area contributed by atoms with Gasteiger partial charge in [-0.25, -0.2) is 0 Å². The van der Waals surface area contributed by atoms with E-state index < -0.39 is 0 Å². The van der Waals surface area contributed by atoms with Crippen molar-refractivity contribution in [3.05, 3.63) is 0 Å². The number of rotatable bonds is 15. The van der Waals surface area contributed by atoms with Crippen molar-refractivity contribution in [2.75, 3.05) is 6.61 Å². The average molecular weight is 299 g/mol. The van der Waals surface area contributed by atoms with Gasteiger partial charge in [-0.15, -0.1) is 0 Å². The second kappa shape index (κ2) is 15.9. The Morgan fingerprint density at radius 2 is 1.24 bits per heavy atom. The zero-order chi connectivity index (χ0) is 15.8. The molecule has 0 rings (SSSR count). The number of carbonyl (C=O) groups excluding carboxylic acids is 1. The molecule has 21 heavy (non-hydrogen) atoms. The zero-order valence-electron chi connectivity index (χ0n) is 14.8. The molecule has 0 saturated carbocycles. The predicted octanol–water partition coefficient (Wildman–Crippen LogP) is 6.28. The number of unbranched alkanes of at least 4 members (excludes halogenated alkanes) is 11. The molecule has 0 saturated heterocycles. The summed E-state index contributed by atoms with van der Waals surface area (Å²) in [5.41, 5.74) is 0. The molecule has 0 amide bonds. The smallest absolute Gasteiger partial charge is 0.302 e. The first-order valence-electron chi connectivity index (χ1n) is 9.30. The predicted molar refractivity (Wildman–Crippen MR) is 91.5 cm³/mol. The first-order chi connectivity index (χ1) is 10.2. The summed E-state index contributed by atoms with van der Waals surface area (Å²) in [5.74, 6) is 0.355. The van der Waals surface area contributed by atoms with Crippen LogP contribution < -0.4 is 0 Å². The van der Waals surface area contributed by atoms with Gasteiger partial charge in [-0.2, -0.15) is 0 Å². The first-order valence-corrected chi connectivity index (χ1v) is 9.30. The van der Waals surface area contributed by atoms with Crippen LogP contribution in [0.25, 0.3) is 0 Å². The second-order valence-electron chi connectivity index (χ2n) is 6.59. The lowest BCUT2D eigenvalue weighted by molar-refractivity contribution is -0.142. The summed E-state index contributed by atoms with van der Waals surface area (Å²) in [6.45, 7) is 6.52. The third-order valence-electron chi connectivity index (χ3n) is 4.12. The summed E-state index contributed by atoms with van der Waals surface area (Å²) < 4.78 is 5.02. The molecule has 0 aliphatic rings. The molecule has 0 aromatic carbocycles. The van der Waals surface area contributed by atoms with Crippen LogP contribution in [0, 0.1) is 5.92 Å². The summed E-state index contributed by atoms with van der Waals surface area (Å²) in [6.07, 6.45) is 17.9. The quantitative estimate of drug-likeness (QED) is 0.263. The minimum absolute atomic E-state index is 0.156. The molecular formula is C19H38O2. The van der Waals surface area contributed by atoms with Gasteiger partial charge in [0.2, 0.25) is 0 Å². The Labute approximate surface area is 133 Å². The number of hydrogen-bond donors (Lipinski definition) is 0. The summed E-state index contributed by atoms with van der Waals surface area (Å²) in [7, 11) is 0. The normalized spacial score (nSPS) is 12.3. The van der Waals surface area contributed by atoms with Crippen LogP contribution in [0.1, 0.15) is 104 Å². The van der Waals surface area contributed by atoms with E-state index in [1.807, 2.05) is 0 Å². The highest BCUT2D eigenvalue weighted by Crippen LogP contribution is 2.14. The lowest BCUT2D eigenvalue weighted by Crippen LogP contribution is -2.09. The lowest BCUT2D eigenvalue weighted by Gasteiger charge is -2.10. The van der Waals surface area contributed by atoms with Crippen molar-refractivity contribution in [2.24, 2.45) is 5.92 Å². The highest BCUT2D eigenvalue weighted by molar-refractivity contribution is 5.65. The SMILES string of the molecule is CCCCCCCCCCCCCCC(C)COC(C)=O. The number of carbonyl (C=O) groups is 1. The number of hydrogen-bond acceptors (Lipinski definition) is 2. The fraction of sp³-hybridized carbons (Fsp3) is 0.947. The van der Waals surface area contributed by atoms with Crippen molar-refractivity contribution in [1.82, 2.24) is 0 Å². The number of ether oxygens (including phenoxy) is 1. The molecule has 2 nitrogen and oxygen atoms in total. The Morgan fingerprint density at radius 3 is 1.67 bits per heavy atom. The van der Waals surface area contributed by atoms with Crippen molar-refractivity contribution in [3.8, 4) is 0 Å². The average Bonchev–Trinajstić information content (AvgIpc) is 2.46. The van der Waals surface area contributed by atoms with Crippen molar-refractivity contribution >= 4 is 5.97 Å². The molecule has 0 aromatic rings. The Morgan fingerprint density at radius 1 is 0.810 bits per heavy atom. The third kappa shape index (κ3) is 17.4. The minimum atomic E-state index is -0.156. The monoisotopic (exact) mass is 298 g/mol. The van der Waals surface area contributed by atoms with E-state index >= 15 is 0 Å². The molecule has 0 N–H and O–H groups in total. The van der Waals surface area contributed by atoms with Gasteiger partial charge < -0.3 is 4.74 Å². The summed E-state index contributed by atoms with van der Waals surface area (Å²) in [5, 5.41) is 0. The lowest BCUT2D eigenvalue weighted by atomic mass is 10.0. The van der Waals surface area contributed by atoms with Crippen molar-refractivity contribution in [2.45, 2.75) is 104 Å². The van der Waals surface area contributed by atoms with Gasteiger partial charge in [0, 0.05) is 6.92 Å². The van der Waals surface area contributed by atoms with Crippen LogP contribution in [0.3, 0.4) is 0 Å². The Hall–Kier alpha value is -0.530. The molecule has 0 radical (unpaired) electrons. The Bertz CT molecular complexity index is 226. The fourth-order valence-electron chi connectivity index (χ4n) is 2.68. The maximum atomic E-state index is 10.7. The summed E-state index contributed by atoms with van der Waals surface area (Å²) in [6, 6.07) is 0. The zero-order valence-corrected chi connectivity index (χ0v) is 14.8. The standard InChI is InChI=1S/C19H38O2/c1-4-5-6-7-8-9-10-11-12-13-14-15-16-18(2)17-21-19(3)20/h18H,4-17H2,1-3H3. The van der Waals surface area contributed by atoms with Crippen LogP contribution in [0.15, 0.2) is 0 Å². The van der Waals surface area contributed by atoms with Gasteiger partial charge in [-0.05, 0) is 12.3 Å². The van der Waals surface area contributed by atoms with Gasteiger partial charge in [0.25, 0.3) is 0 Å². The molecule has 0 aliphatic carbocycles. The molecule has 1 atom stereocenters. The van der Waals surface area contributed by atoms with E-state index in [0.29, 0.717) is 12.5 Å². The van der Waals surface area contributed by atoms with Gasteiger partial charge in [-0.3, -0.25) is 4.79 Å². The minimum Gasteiger partial charge on any atom is -0.466 e. The molecule has 0 aromatic heterocycles. The van der Waals surface area contributed by atoms with Crippen LogP contribution in [0.5, 0.6) is 0 Å². The summed E-state index contributed by atoms with van der Waals surface area (Å²) >= 11 is 0. The van der Waals surface area contributed by atoms with E-state index in [0.717, 1.165) is 0 Å². The van der Waals surface area contributed by atoms with E-state index in [1.165, 1.54) is 90.4 Å². The molecule has 2 heteroatoms. The number of esters is 1. The largest absolute Gasteiger partial charge is 0.466 e. The Balaban J connectivity index is 3.10. The van der Waals surface area contributed by atoms with E-state index in [9.17, 15) is 4.79 Å². The highest BCUT2D eigenvalue weighted by atomic mass is 16.5. The molecule has 126 valence electrons. The maximum Gasteiger partial charge on any atom is 0.302 e. The van der Waals surface area contributed by atoms with E-state index in [2.05, 4.69) is 13.8 Å². The first kappa shape index (κ1) is 20.5. The maximum absolute atomic E-state index is 10.7. The third-order valence-corrected chi connectivity index (χ3v) is 4.12. The molecule has 1 unspecified atom stereocenters. The molecule has 0 aliphatic heterocycles. The molecule has 0 fully saturated rings. The Kier molecular flexibility index (Phi) is 15.5. The van der Waals surface area contributed by atoms with Crippen LogP contribution in [0.2, 0.25) is 0 Å². The van der Waals surface area contributed by atoms with Crippen LogP contribution in [0.4, 0.5) is 0 Å². The molecular weight excluding hydrogens is 260 g/mol. The fourth-order valence-corrected chi connectivity index (χ4v) is 2.68. The van der Waals surface area contributed by atoms with Gasteiger partial charge in [0.05, 0.1) is 6.61 Å². The molecule has 0 heterocycles. The topological polar surface area (TPSA) is 26.3 Å². The second-order valence-corrected chi connectivity index (χ2v) is 6.59. The van der Waals surface area contributed by atoms with Crippen LogP contribution in [-0.4, -0.2) is 12.6 Å². The van der Waals surface area contributed by atoms with Gasteiger partial charge in [0.1, 0.15) is 0 Å². The van der Waals surface area contributed by atoms with Crippen molar-refractivity contribution in [1.29, 1.82) is 0 Å². The van der Waals surface area contributed by atoms with Crippen LogP contribution in [-0.2, 0) is 9.53 Å². The van der Waals surface area contributed by atoms with E-state index in [4.69, 9.17) is 4.74 Å². The molecule has 0 bridgehead atoms.